The first kappa shape index (κ1) is 13.0. The Morgan fingerprint density at radius 2 is 1.85 bits per heavy atom. The summed E-state index contributed by atoms with van der Waals surface area (Å²) in [6.07, 6.45) is 6.08. The molecule has 1 aliphatic heterocycles. The van der Waals surface area contributed by atoms with Gasteiger partial charge in [0.05, 0.1) is 11.1 Å². The zero-order valence-electron chi connectivity index (χ0n) is 11.3. The average Bonchev–Trinajstić information content (AvgIpc) is 2.74. The second kappa shape index (κ2) is 5.57. The lowest BCUT2D eigenvalue weighted by atomic mass is 10.1. The first-order valence-electron chi connectivity index (χ1n) is 7.09. The van der Waals surface area contributed by atoms with Crippen LogP contribution in [-0.2, 0) is 0 Å². The number of nitrogens with zero attached hydrogens (tertiary/aromatic N) is 2. The summed E-state index contributed by atoms with van der Waals surface area (Å²) < 4.78 is 13.3. The molecular weight excluding hydrogens is 255 g/mol. The number of benzene rings is 1. The van der Waals surface area contributed by atoms with Crippen molar-refractivity contribution < 1.29 is 9.18 Å². The quantitative estimate of drug-likeness (QED) is 0.797. The van der Waals surface area contributed by atoms with E-state index >= 15 is 0 Å². The molecule has 1 aromatic carbocycles. The third-order valence-electron chi connectivity index (χ3n) is 3.78. The molecule has 3 nitrogen and oxygen atoms in total. The third-order valence-corrected chi connectivity index (χ3v) is 3.78. The first-order chi connectivity index (χ1) is 9.74. The number of amides is 1. The highest BCUT2D eigenvalue weighted by atomic mass is 19.1. The smallest absolute Gasteiger partial charge is 0.255 e. The van der Waals surface area contributed by atoms with Gasteiger partial charge < -0.3 is 4.90 Å². The molecule has 0 radical (unpaired) electrons. The average molecular weight is 272 g/mol. The van der Waals surface area contributed by atoms with Gasteiger partial charge in [-0.3, -0.25) is 9.78 Å². The van der Waals surface area contributed by atoms with Gasteiger partial charge in [-0.25, -0.2) is 4.39 Å². The number of aromatic nitrogens is 1. The summed E-state index contributed by atoms with van der Waals surface area (Å²) in [4.78, 5) is 18.6. The molecule has 1 aromatic heterocycles. The van der Waals surface area contributed by atoms with Crippen LogP contribution in [0, 0.1) is 5.82 Å². The Balaban J connectivity index is 1.90. The number of hydrogen-bond acceptors (Lipinski definition) is 2. The van der Waals surface area contributed by atoms with Crippen molar-refractivity contribution in [2.45, 2.75) is 25.7 Å². The maximum atomic E-state index is 13.3. The van der Waals surface area contributed by atoms with Crippen molar-refractivity contribution in [3.8, 4) is 0 Å². The van der Waals surface area contributed by atoms with Gasteiger partial charge in [-0.15, -0.1) is 0 Å². The van der Waals surface area contributed by atoms with Gasteiger partial charge in [0.2, 0.25) is 0 Å². The summed E-state index contributed by atoms with van der Waals surface area (Å²) in [6, 6.07) is 6.16. The Morgan fingerprint density at radius 1 is 1.10 bits per heavy atom. The highest BCUT2D eigenvalue weighted by molar-refractivity contribution is 5.97. The van der Waals surface area contributed by atoms with Crippen LogP contribution in [0.1, 0.15) is 36.0 Å². The Morgan fingerprint density at radius 3 is 2.60 bits per heavy atom. The summed E-state index contributed by atoms with van der Waals surface area (Å²) in [7, 11) is 0. The van der Waals surface area contributed by atoms with Crippen molar-refractivity contribution in [3.63, 3.8) is 0 Å². The second-order valence-electron chi connectivity index (χ2n) is 5.27. The normalized spacial score (nSPS) is 16.1. The number of rotatable bonds is 1. The summed E-state index contributed by atoms with van der Waals surface area (Å²) in [6.45, 7) is 1.61. The molecule has 0 aliphatic carbocycles. The van der Waals surface area contributed by atoms with E-state index in [9.17, 15) is 9.18 Å². The van der Waals surface area contributed by atoms with E-state index in [0.29, 0.717) is 16.5 Å². The maximum Gasteiger partial charge on any atom is 0.255 e. The van der Waals surface area contributed by atoms with Crippen molar-refractivity contribution in [1.82, 2.24) is 9.88 Å². The van der Waals surface area contributed by atoms with Gasteiger partial charge in [0.15, 0.2) is 0 Å². The minimum atomic E-state index is -0.307. The number of likely N-dealkylation sites (tertiary alicyclic amines) is 1. The minimum absolute atomic E-state index is 0.00515. The van der Waals surface area contributed by atoms with E-state index in [0.717, 1.165) is 25.9 Å². The lowest BCUT2D eigenvalue weighted by Gasteiger charge is -2.20. The number of carbonyl (C=O) groups is 1. The molecule has 3 rings (SSSR count). The van der Waals surface area contributed by atoms with Crippen LogP contribution >= 0.6 is 0 Å². The number of pyridine rings is 1. The molecule has 1 amide bonds. The molecule has 0 saturated carbocycles. The molecule has 0 spiro atoms. The van der Waals surface area contributed by atoms with Crippen LogP contribution in [0.25, 0.3) is 10.9 Å². The Labute approximate surface area is 117 Å². The zero-order chi connectivity index (χ0) is 13.9. The number of fused-ring (bicyclic) bond motifs is 1. The number of carbonyl (C=O) groups excluding carboxylic acids is 1. The monoisotopic (exact) mass is 272 g/mol. The predicted octanol–water partition coefficient (Wildman–Crippen LogP) is 3.39. The van der Waals surface area contributed by atoms with Crippen LogP contribution in [0.2, 0.25) is 0 Å². The second-order valence-corrected chi connectivity index (χ2v) is 5.27. The molecule has 104 valence electrons. The summed E-state index contributed by atoms with van der Waals surface area (Å²) in [5, 5.41) is 0.672. The number of hydrogen-bond donors (Lipinski definition) is 0. The summed E-state index contributed by atoms with van der Waals surface area (Å²) >= 11 is 0. The molecule has 0 unspecified atom stereocenters. The fourth-order valence-electron chi connectivity index (χ4n) is 2.68. The van der Waals surface area contributed by atoms with Crippen molar-refractivity contribution in [1.29, 1.82) is 0 Å². The van der Waals surface area contributed by atoms with Gasteiger partial charge in [-0.05, 0) is 37.1 Å². The van der Waals surface area contributed by atoms with Gasteiger partial charge in [-0.2, -0.15) is 0 Å². The van der Waals surface area contributed by atoms with Crippen LogP contribution in [0.3, 0.4) is 0 Å². The molecule has 0 bridgehead atoms. The van der Waals surface area contributed by atoms with Crippen molar-refractivity contribution >= 4 is 16.8 Å². The Bertz CT molecular complexity index is 633. The summed E-state index contributed by atoms with van der Waals surface area (Å²) in [5.74, 6) is -0.302. The van der Waals surface area contributed by atoms with Crippen LogP contribution in [-0.4, -0.2) is 28.9 Å². The lowest BCUT2D eigenvalue weighted by Crippen LogP contribution is -2.31. The van der Waals surface area contributed by atoms with E-state index in [-0.39, 0.29) is 11.7 Å². The SMILES string of the molecule is O=C(c1cnc2ccc(F)cc2c1)N1CCCCCC1. The number of halogens is 1. The molecule has 2 heterocycles. The maximum absolute atomic E-state index is 13.3. The van der Waals surface area contributed by atoms with E-state index < -0.39 is 0 Å². The molecule has 0 N–H and O–H groups in total. The Kier molecular flexibility index (Phi) is 3.63. The summed E-state index contributed by atoms with van der Waals surface area (Å²) in [5.41, 5.74) is 1.25. The van der Waals surface area contributed by atoms with Crippen LogP contribution < -0.4 is 0 Å². The van der Waals surface area contributed by atoms with Crippen LogP contribution in [0.15, 0.2) is 30.5 Å². The van der Waals surface area contributed by atoms with Crippen LogP contribution in [0.5, 0.6) is 0 Å². The topological polar surface area (TPSA) is 33.2 Å². The van der Waals surface area contributed by atoms with Crippen molar-refractivity contribution in [2.75, 3.05) is 13.1 Å². The first-order valence-corrected chi connectivity index (χ1v) is 7.09. The molecular formula is C16H17FN2O. The van der Waals surface area contributed by atoms with Crippen molar-refractivity contribution in [2.24, 2.45) is 0 Å². The fourth-order valence-corrected chi connectivity index (χ4v) is 2.68. The fraction of sp³-hybridized carbons (Fsp3) is 0.375. The molecule has 1 aliphatic rings. The minimum Gasteiger partial charge on any atom is -0.339 e. The van der Waals surface area contributed by atoms with E-state index in [1.54, 1.807) is 18.3 Å². The van der Waals surface area contributed by atoms with Gasteiger partial charge in [-0.1, -0.05) is 12.8 Å². The van der Waals surface area contributed by atoms with Gasteiger partial charge in [0.1, 0.15) is 5.82 Å². The van der Waals surface area contributed by atoms with Gasteiger partial charge in [0, 0.05) is 24.7 Å². The van der Waals surface area contributed by atoms with Gasteiger partial charge >= 0.3 is 0 Å². The lowest BCUT2D eigenvalue weighted by molar-refractivity contribution is 0.0761. The standard InChI is InChI=1S/C16H17FN2O/c17-14-5-6-15-12(10-14)9-13(11-18-15)16(20)19-7-3-1-2-4-8-19/h5-6,9-11H,1-4,7-8H2. The highest BCUT2D eigenvalue weighted by Gasteiger charge is 2.17. The molecule has 4 heteroatoms. The Hall–Kier alpha value is -1.97. The van der Waals surface area contributed by atoms with Crippen LogP contribution in [0.4, 0.5) is 4.39 Å². The zero-order valence-corrected chi connectivity index (χ0v) is 11.3. The van der Waals surface area contributed by atoms with E-state index in [4.69, 9.17) is 0 Å². The molecule has 20 heavy (non-hydrogen) atoms. The molecule has 2 aromatic rings. The third kappa shape index (κ3) is 2.64. The predicted molar refractivity (Wildman–Crippen MR) is 76.1 cm³/mol. The molecule has 1 fully saturated rings. The van der Waals surface area contributed by atoms with Crippen molar-refractivity contribution in [3.05, 3.63) is 41.8 Å². The van der Waals surface area contributed by atoms with Gasteiger partial charge in [0.25, 0.3) is 5.91 Å². The van der Waals surface area contributed by atoms with E-state index in [2.05, 4.69) is 4.98 Å². The largest absolute Gasteiger partial charge is 0.339 e. The van der Waals surface area contributed by atoms with E-state index in [1.807, 2.05) is 4.90 Å². The van der Waals surface area contributed by atoms with E-state index in [1.165, 1.54) is 25.0 Å². The highest BCUT2D eigenvalue weighted by Crippen LogP contribution is 2.18. The molecule has 0 atom stereocenters. The molecule has 1 saturated heterocycles.